The van der Waals surface area contributed by atoms with Crippen LogP contribution in [0.3, 0.4) is 0 Å². The van der Waals surface area contributed by atoms with Gasteiger partial charge >= 0.3 is 0 Å². The van der Waals surface area contributed by atoms with E-state index in [1.165, 1.54) is 0 Å². The Bertz CT molecular complexity index is 224. The predicted molar refractivity (Wildman–Crippen MR) is 61.9 cm³/mol. The highest BCUT2D eigenvalue weighted by atomic mass is 35.6. The van der Waals surface area contributed by atoms with Crippen molar-refractivity contribution in [2.24, 2.45) is 5.10 Å². The fourth-order valence-corrected chi connectivity index (χ4v) is 2.09. The van der Waals surface area contributed by atoms with Gasteiger partial charge in [-0.15, -0.1) is 0 Å². The highest BCUT2D eigenvalue weighted by Gasteiger charge is 2.43. The molecule has 0 fully saturated rings. The molecule has 1 atom stereocenters. The Balaban J connectivity index is 2.85. The highest BCUT2D eigenvalue weighted by Crippen LogP contribution is 2.37. The van der Waals surface area contributed by atoms with E-state index in [4.69, 9.17) is 34.8 Å². The molecule has 0 aromatic rings. The molecule has 0 aromatic heterocycles. The normalized spacial score (nSPS) is 22.6. The smallest absolute Gasteiger partial charge is 0.230 e. The molecule has 14 heavy (non-hydrogen) atoms. The molecule has 0 amide bonds. The number of alkyl halides is 3. The minimum Gasteiger partial charge on any atom is -0.333 e. The van der Waals surface area contributed by atoms with Crippen LogP contribution >= 0.6 is 34.8 Å². The molecule has 0 saturated heterocycles. The molecular formula is C8H14Cl3N3. The molecule has 1 unspecified atom stereocenters. The van der Waals surface area contributed by atoms with Crippen molar-refractivity contribution in [3.05, 3.63) is 0 Å². The van der Waals surface area contributed by atoms with Crippen LogP contribution in [0.5, 0.6) is 0 Å². The Labute approximate surface area is 99.6 Å². The van der Waals surface area contributed by atoms with Crippen molar-refractivity contribution in [2.45, 2.75) is 36.8 Å². The zero-order chi connectivity index (χ0) is 10.9. The third-order valence-corrected chi connectivity index (χ3v) is 2.70. The quantitative estimate of drug-likeness (QED) is 0.709. The van der Waals surface area contributed by atoms with Crippen molar-refractivity contribution < 1.29 is 0 Å². The lowest BCUT2D eigenvalue weighted by Gasteiger charge is -2.36. The van der Waals surface area contributed by atoms with Crippen LogP contribution in [-0.2, 0) is 0 Å². The van der Waals surface area contributed by atoms with Gasteiger partial charge in [0.15, 0.2) is 6.17 Å². The summed E-state index contributed by atoms with van der Waals surface area (Å²) in [5.41, 5.74) is 0. The van der Waals surface area contributed by atoms with Gasteiger partial charge in [0.25, 0.3) is 0 Å². The number of hydrogen-bond acceptors (Lipinski definition) is 3. The fourth-order valence-electron chi connectivity index (χ4n) is 1.41. The first-order chi connectivity index (χ1) is 6.38. The lowest BCUT2D eigenvalue weighted by atomic mass is 10.3. The Morgan fingerprint density at radius 1 is 1.43 bits per heavy atom. The van der Waals surface area contributed by atoms with Crippen LogP contribution in [0.4, 0.5) is 0 Å². The summed E-state index contributed by atoms with van der Waals surface area (Å²) in [6, 6.07) is 0.260. The van der Waals surface area contributed by atoms with E-state index in [2.05, 4.69) is 5.10 Å². The van der Waals surface area contributed by atoms with Crippen molar-refractivity contribution in [1.29, 1.82) is 0 Å². The Morgan fingerprint density at radius 3 is 2.36 bits per heavy atom. The maximum atomic E-state index is 5.92. The number of hydrogen-bond donors (Lipinski definition) is 0. The summed E-state index contributed by atoms with van der Waals surface area (Å²) in [5.74, 6) is 0. The van der Waals surface area contributed by atoms with Gasteiger partial charge in [-0.2, -0.15) is 5.10 Å². The number of hydrazone groups is 1. The summed E-state index contributed by atoms with van der Waals surface area (Å²) in [5, 5.41) is 5.96. The van der Waals surface area contributed by atoms with E-state index in [-0.39, 0.29) is 12.2 Å². The molecule has 1 heterocycles. The molecule has 0 N–H and O–H groups in total. The summed E-state index contributed by atoms with van der Waals surface area (Å²) in [7, 11) is 0. The van der Waals surface area contributed by atoms with Crippen LogP contribution < -0.4 is 0 Å². The zero-order valence-electron chi connectivity index (χ0n) is 8.41. The minimum absolute atomic E-state index is 0.260. The van der Waals surface area contributed by atoms with Gasteiger partial charge in [0.1, 0.15) is 6.34 Å². The van der Waals surface area contributed by atoms with Crippen molar-refractivity contribution in [2.75, 3.05) is 6.54 Å². The number of nitrogens with zero attached hydrogens (tertiary/aromatic N) is 3. The molecule has 0 spiro atoms. The van der Waals surface area contributed by atoms with Crippen LogP contribution in [0.1, 0.15) is 20.8 Å². The van der Waals surface area contributed by atoms with E-state index in [1.54, 1.807) is 11.3 Å². The summed E-state index contributed by atoms with van der Waals surface area (Å²) in [4.78, 5) is 1.94. The largest absolute Gasteiger partial charge is 0.333 e. The van der Waals surface area contributed by atoms with Gasteiger partial charge in [0.2, 0.25) is 3.79 Å². The van der Waals surface area contributed by atoms with Gasteiger partial charge in [-0.25, -0.2) is 0 Å². The van der Waals surface area contributed by atoms with E-state index in [9.17, 15) is 0 Å². The second-order valence-corrected chi connectivity index (χ2v) is 5.81. The first kappa shape index (κ1) is 12.2. The van der Waals surface area contributed by atoms with Crippen LogP contribution in [-0.4, -0.2) is 38.8 Å². The second-order valence-electron chi connectivity index (χ2n) is 3.44. The average molecular weight is 259 g/mol. The molecule has 82 valence electrons. The molecule has 0 aromatic carbocycles. The molecule has 0 bridgehead atoms. The van der Waals surface area contributed by atoms with Crippen molar-refractivity contribution >= 4 is 41.1 Å². The van der Waals surface area contributed by atoms with Crippen LogP contribution in [0.15, 0.2) is 5.10 Å². The van der Waals surface area contributed by atoms with E-state index < -0.39 is 3.79 Å². The molecule has 1 aliphatic rings. The summed E-state index contributed by atoms with van der Waals surface area (Å²) >= 11 is 17.8. The Kier molecular flexibility index (Phi) is 3.78. The van der Waals surface area contributed by atoms with Gasteiger partial charge in [-0.3, -0.25) is 5.01 Å². The SMILES string of the molecule is CCN1N=CN(C(C)C)C1C(Cl)(Cl)Cl. The first-order valence-corrected chi connectivity index (χ1v) is 5.66. The molecule has 0 saturated carbocycles. The molecular weight excluding hydrogens is 244 g/mol. The molecule has 0 aliphatic carbocycles. The second kappa shape index (κ2) is 4.33. The third kappa shape index (κ3) is 2.38. The van der Waals surface area contributed by atoms with Crippen LogP contribution in [0.2, 0.25) is 0 Å². The molecule has 3 nitrogen and oxygen atoms in total. The van der Waals surface area contributed by atoms with Crippen molar-refractivity contribution in [1.82, 2.24) is 9.91 Å². The van der Waals surface area contributed by atoms with E-state index in [0.29, 0.717) is 0 Å². The van der Waals surface area contributed by atoms with Gasteiger partial charge < -0.3 is 4.90 Å². The third-order valence-electron chi connectivity index (χ3n) is 2.11. The van der Waals surface area contributed by atoms with E-state index in [0.717, 1.165) is 6.54 Å². The maximum Gasteiger partial charge on any atom is 0.230 e. The van der Waals surface area contributed by atoms with Crippen molar-refractivity contribution in [3.63, 3.8) is 0 Å². The van der Waals surface area contributed by atoms with Gasteiger partial charge in [-0.05, 0) is 20.8 Å². The molecule has 1 aliphatic heterocycles. The topological polar surface area (TPSA) is 18.8 Å². The lowest BCUT2D eigenvalue weighted by Crippen LogP contribution is -2.51. The number of rotatable bonds is 2. The van der Waals surface area contributed by atoms with Crippen LogP contribution in [0, 0.1) is 0 Å². The average Bonchev–Trinajstić information content (AvgIpc) is 2.45. The minimum atomic E-state index is -1.35. The fraction of sp³-hybridized carbons (Fsp3) is 0.875. The summed E-state index contributed by atoms with van der Waals surface area (Å²) in [6.07, 6.45) is 1.42. The summed E-state index contributed by atoms with van der Waals surface area (Å²) in [6.45, 7) is 6.77. The van der Waals surface area contributed by atoms with Gasteiger partial charge in [0.05, 0.1) is 0 Å². The lowest BCUT2D eigenvalue weighted by molar-refractivity contribution is 0.121. The predicted octanol–water partition coefficient (Wildman–Crippen LogP) is 2.67. The van der Waals surface area contributed by atoms with Gasteiger partial charge in [-0.1, -0.05) is 34.8 Å². The number of halogens is 3. The van der Waals surface area contributed by atoms with Crippen LogP contribution in [0.25, 0.3) is 0 Å². The summed E-state index contributed by atoms with van der Waals surface area (Å²) < 4.78 is -1.35. The molecule has 6 heteroatoms. The zero-order valence-corrected chi connectivity index (χ0v) is 10.7. The standard InChI is InChI=1S/C8H14Cl3N3/c1-4-14-7(8(9,10)11)13(5-12-14)6(2)3/h5-7H,4H2,1-3H3. The van der Waals surface area contributed by atoms with E-state index in [1.807, 2.05) is 25.7 Å². The first-order valence-electron chi connectivity index (χ1n) is 4.52. The highest BCUT2D eigenvalue weighted by molar-refractivity contribution is 6.68. The Morgan fingerprint density at radius 2 is 2.00 bits per heavy atom. The van der Waals surface area contributed by atoms with Gasteiger partial charge in [0, 0.05) is 12.6 Å². The van der Waals surface area contributed by atoms with E-state index >= 15 is 0 Å². The molecule has 0 radical (unpaired) electrons. The maximum absolute atomic E-state index is 5.92. The van der Waals surface area contributed by atoms with Crippen molar-refractivity contribution in [3.8, 4) is 0 Å². The monoisotopic (exact) mass is 257 g/mol. The molecule has 1 rings (SSSR count). The Hall–Kier alpha value is 0.140.